The number of H-pyrrole nitrogens is 1. The summed E-state index contributed by atoms with van der Waals surface area (Å²) in [5.74, 6) is 0.692. The van der Waals surface area contributed by atoms with Crippen molar-refractivity contribution in [3.63, 3.8) is 0 Å². The maximum absolute atomic E-state index is 12.5. The van der Waals surface area contributed by atoms with Crippen LogP contribution < -0.4 is 16.0 Å². The molecular weight excluding hydrogens is 336 g/mol. The van der Waals surface area contributed by atoms with Crippen molar-refractivity contribution in [2.24, 2.45) is 0 Å². The van der Waals surface area contributed by atoms with Crippen molar-refractivity contribution < 1.29 is 4.74 Å². The molecule has 0 radical (unpaired) electrons. The molecule has 0 amide bonds. The van der Waals surface area contributed by atoms with Gasteiger partial charge in [0.2, 0.25) is 0 Å². The minimum atomic E-state index is -0.321. The summed E-state index contributed by atoms with van der Waals surface area (Å²) in [6.07, 6.45) is 0. The lowest BCUT2D eigenvalue weighted by atomic mass is 9.96. The molecule has 0 unspecified atom stereocenters. The van der Waals surface area contributed by atoms with Gasteiger partial charge in [-0.25, -0.2) is 0 Å². The highest BCUT2D eigenvalue weighted by molar-refractivity contribution is 6.37. The van der Waals surface area contributed by atoms with Gasteiger partial charge in [0.1, 0.15) is 11.4 Å². The van der Waals surface area contributed by atoms with Gasteiger partial charge in [0.25, 0.3) is 5.56 Å². The van der Waals surface area contributed by atoms with Crippen molar-refractivity contribution in [3.05, 3.63) is 70.0 Å². The van der Waals surface area contributed by atoms with Crippen LogP contribution in [0.3, 0.4) is 0 Å². The molecule has 4 aromatic rings. The van der Waals surface area contributed by atoms with Gasteiger partial charge in [-0.3, -0.25) is 4.79 Å². The zero-order chi connectivity index (χ0) is 17.6. The van der Waals surface area contributed by atoms with E-state index in [0.717, 1.165) is 27.2 Å². The number of nitrogen functional groups attached to an aromatic ring is 1. The van der Waals surface area contributed by atoms with Crippen LogP contribution in [0.2, 0.25) is 5.02 Å². The van der Waals surface area contributed by atoms with Gasteiger partial charge in [0.15, 0.2) is 0 Å². The first-order valence-corrected chi connectivity index (χ1v) is 8.15. The molecule has 0 aliphatic carbocycles. The summed E-state index contributed by atoms with van der Waals surface area (Å²) in [5, 5.41) is 3.17. The second kappa shape index (κ2) is 5.83. The number of aromatic nitrogens is 1. The molecule has 1 aromatic heterocycles. The van der Waals surface area contributed by atoms with E-state index in [2.05, 4.69) is 4.98 Å². The summed E-state index contributed by atoms with van der Waals surface area (Å²) in [5.41, 5.74) is 8.16. The molecule has 0 saturated carbocycles. The van der Waals surface area contributed by atoms with E-state index in [1.165, 1.54) is 0 Å². The summed E-state index contributed by atoms with van der Waals surface area (Å²) < 4.78 is 5.30. The molecule has 4 nitrogen and oxygen atoms in total. The topological polar surface area (TPSA) is 68.1 Å². The highest BCUT2D eigenvalue weighted by Gasteiger charge is 2.16. The van der Waals surface area contributed by atoms with Crippen molar-refractivity contribution in [1.29, 1.82) is 0 Å². The van der Waals surface area contributed by atoms with Crippen molar-refractivity contribution >= 4 is 39.0 Å². The Morgan fingerprint density at radius 2 is 1.76 bits per heavy atom. The standard InChI is InChI=1S/C20H15ClN2O2/c1-25-12-6-4-5-11(9-12)17-15-10-16(21)13-7-2-3-8-14(13)19(15)23-20(24)18(17)22/h2-10H,22H2,1H3,(H,23,24). The predicted molar refractivity (Wildman–Crippen MR) is 103 cm³/mol. The number of hydrogen-bond acceptors (Lipinski definition) is 3. The average molecular weight is 351 g/mol. The monoisotopic (exact) mass is 350 g/mol. The Labute approximate surface area is 148 Å². The molecule has 3 N–H and O–H groups in total. The Hall–Kier alpha value is -2.98. The average Bonchev–Trinajstić information content (AvgIpc) is 2.64. The number of benzene rings is 3. The lowest BCUT2D eigenvalue weighted by Crippen LogP contribution is -2.13. The molecule has 124 valence electrons. The van der Waals surface area contributed by atoms with Gasteiger partial charge in [-0.1, -0.05) is 48.0 Å². The molecule has 0 saturated heterocycles. The summed E-state index contributed by atoms with van der Waals surface area (Å²) in [6.45, 7) is 0. The normalized spacial score (nSPS) is 11.1. The van der Waals surface area contributed by atoms with Gasteiger partial charge in [0, 0.05) is 26.7 Å². The van der Waals surface area contributed by atoms with E-state index >= 15 is 0 Å². The largest absolute Gasteiger partial charge is 0.497 e. The first kappa shape index (κ1) is 15.5. The highest BCUT2D eigenvalue weighted by Crippen LogP contribution is 2.38. The number of halogens is 1. The molecule has 0 bridgehead atoms. The summed E-state index contributed by atoms with van der Waals surface area (Å²) >= 11 is 6.49. The van der Waals surface area contributed by atoms with Crippen LogP contribution >= 0.6 is 11.6 Å². The molecule has 1 heterocycles. The van der Waals surface area contributed by atoms with Crippen LogP contribution in [0.1, 0.15) is 0 Å². The van der Waals surface area contributed by atoms with Gasteiger partial charge < -0.3 is 15.5 Å². The van der Waals surface area contributed by atoms with Gasteiger partial charge in [-0.2, -0.15) is 0 Å². The second-order valence-corrected chi connectivity index (χ2v) is 6.21. The number of nitrogens with one attached hydrogen (secondary N) is 1. The third-order valence-corrected chi connectivity index (χ3v) is 4.69. The van der Waals surface area contributed by atoms with Crippen LogP contribution in [-0.4, -0.2) is 12.1 Å². The minimum absolute atomic E-state index is 0.159. The summed E-state index contributed by atoms with van der Waals surface area (Å²) in [6, 6.07) is 17.0. The maximum atomic E-state index is 12.5. The van der Waals surface area contributed by atoms with E-state index < -0.39 is 0 Å². The Kier molecular flexibility index (Phi) is 3.62. The lowest BCUT2D eigenvalue weighted by Gasteiger charge is -2.13. The van der Waals surface area contributed by atoms with E-state index in [0.29, 0.717) is 16.3 Å². The van der Waals surface area contributed by atoms with Crippen molar-refractivity contribution in [2.45, 2.75) is 0 Å². The zero-order valence-corrected chi connectivity index (χ0v) is 14.2. The molecule has 5 heteroatoms. The van der Waals surface area contributed by atoms with Crippen LogP contribution in [0, 0.1) is 0 Å². The first-order valence-electron chi connectivity index (χ1n) is 7.77. The molecule has 0 aliphatic heterocycles. The predicted octanol–water partition coefficient (Wildman–Crippen LogP) is 4.59. The van der Waals surface area contributed by atoms with Crippen molar-refractivity contribution in [1.82, 2.24) is 4.98 Å². The van der Waals surface area contributed by atoms with Crippen molar-refractivity contribution in [3.8, 4) is 16.9 Å². The minimum Gasteiger partial charge on any atom is -0.497 e. The molecular formula is C20H15ClN2O2. The van der Waals surface area contributed by atoms with Crippen LogP contribution in [0.5, 0.6) is 5.75 Å². The Bertz CT molecular complexity index is 1180. The van der Waals surface area contributed by atoms with E-state index in [1.54, 1.807) is 7.11 Å². The second-order valence-electron chi connectivity index (χ2n) is 5.80. The molecule has 3 aromatic carbocycles. The zero-order valence-electron chi connectivity index (χ0n) is 13.5. The van der Waals surface area contributed by atoms with Gasteiger partial charge in [-0.05, 0) is 23.8 Å². The molecule has 4 rings (SSSR count). The molecule has 0 fully saturated rings. The van der Waals surface area contributed by atoms with Gasteiger partial charge >= 0.3 is 0 Å². The fourth-order valence-electron chi connectivity index (χ4n) is 3.19. The number of hydrogen-bond donors (Lipinski definition) is 2. The lowest BCUT2D eigenvalue weighted by molar-refractivity contribution is 0.415. The van der Waals surface area contributed by atoms with E-state index in [1.807, 2.05) is 54.6 Å². The smallest absolute Gasteiger partial charge is 0.272 e. The molecule has 0 spiro atoms. The summed E-state index contributed by atoms with van der Waals surface area (Å²) in [7, 11) is 1.60. The van der Waals surface area contributed by atoms with Crippen LogP contribution in [-0.2, 0) is 0 Å². The third-order valence-electron chi connectivity index (χ3n) is 4.37. The third kappa shape index (κ3) is 2.42. The quantitative estimate of drug-likeness (QED) is 0.519. The number of fused-ring (bicyclic) bond motifs is 3. The highest BCUT2D eigenvalue weighted by atomic mass is 35.5. The maximum Gasteiger partial charge on any atom is 0.272 e. The van der Waals surface area contributed by atoms with Crippen molar-refractivity contribution in [2.75, 3.05) is 12.8 Å². The number of anilines is 1. The van der Waals surface area contributed by atoms with E-state index in [9.17, 15) is 4.79 Å². The molecule has 25 heavy (non-hydrogen) atoms. The SMILES string of the molecule is COc1cccc(-c2c(N)c(=O)[nH]c3c2cc(Cl)c2ccccc23)c1. The fourth-order valence-corrected chi connectivity index (χ4v) is 3.47. The molecule has 0 aliphatic rings. The van der Waals surface area contributed by atoms with Crippen LogP contribution in [0.4, 0.5) is 5.69 Å². The number of nitrogens with two attached hydrogens (primary N) is 1. The Morgan fingerprint density at radius 1 is 1.00 bits per heavy atom. The number of pyridine rings is 1. The van der Waals surface area contributed by atoms with Gasteiger partial charge in [0.05, 0.1) is 12.6 Å². The van der Waals surface area contributed by atoms with Gasteiger partial charge in [-0.15, -0.1) is 0 Å². The fraction of sp³-hybridized carbons (Fsp3) is 0.0500. The number of ether oxygens (including phenoxy) is 1. The number of aromatic amines is 1. The van der Waals surface area contributed by atoms with E-state index in [4.69, 9.17) is 22.1 Å². The van der Waals surface area contributed by atoms with E-state index in [-0.39, 0.29) is 11.2 Å². The summed E-state index contributed by atoms with van der Waals surface area (Å²) in [4.78, 5) is 15.4. The Morgan fingerprint density at radius 3 is 2.52 bits per heavy atom. The first-order chi connectivity index (χ1) is 12.1. The number of rotatable bonds is 2. The number of methoxy groups -OCH3 is 1. The Balaban J connectivity index is 2.20. The molecule has 0 atom stereocenters. The van der Waals surface area contributed by atoms with Crippen LogP contribution in [0.15, 0.2) is 59.4 Å². The van der Waals surface area contributed by atoms with Crippen LogP contribution in [0.25, 0.3) is 32.8 Å².